The van der Waals surface area contributed by atoms with Gasteiger partial charge in [0.05, 0.1) is 0 Å². The van der Waals surface area contributed by atoms with Gasteiger partial charge in [0, 0.05) is 25.3 Å². The second-order valence-corrected chi connectivity index (χ2v) is 4.41. The van der Waals surface area contributed by atoms with E-state index in [9.17, 15) is 9.59 Å². The molecule has 18 heavy (non-hydrogen) atoms. The summed E-state index contributed by atoms with van der Waals surface area (Å²) in [6.45, 7) is -0.277. The van der Waals surface area contributed by atoms with Crippen LogP contribution in [0.2, 0.25) is 0 Å². The topological polar surface area (TPSA) is 91.6 Å². The fourth-order valence-electron chi connectivity index (χ4n) is 1.88. The van der Waals surface area contributed by atoms with Crippen LogP contribution in [0.1, 0.15) is 35.8 Å². The maximum atomic E-state index is 12.0. The smallest absolute Gasteiger partial charge is 0.326 e. The third-order valence-corrected chi connectivity index (χ3v) is 2.97. The Kier molecular flexibility index (Phi) is 3.66. The Hall–Kier alpha value is -1.82. The Balaban J connectivity index is 2.05. The molecule has 1 atom stereocenters. The van der Waals surface area contributed by atoms with Crippen LogP contribution in [0.4, 0.5) is 0 Å². The van der Waals surface area contributed by atoms with Crippen molar-refractivity contribution in [2.45, 2.75) is 31.3 Å². The van der Waals surface area contributed by atoms with E-state index >= 15 is 0 Å². The van der Waals surface area contributed by atoms with Gasteiger partial charge in [0.2, 0.25) is 0 Å². The normalized spacial score (nSPS) is 16.3. The first-order chi connectivity index (χ1) is 8.63. The van der Waals surface area contributed by atoms with Crippen LogP contribution in [0.3, 0.4) is 0 Å². The molecule has 0 aliphatic heterocycles. The summed E-state index contributed by atoms with van der Waals surface area (Å²) in [7, 11) is 0. The number of nitrogens with one attached hydrogen (secondary N) is 1. The fourth-order valence-corrected chi connectivity index (χ4v) is 1.88. The summed E-state index contributed by atoms with van der Waals surface area (Å²) < 4.78 is 1.87. The van der Waals surface area contributed by atoms with Gasteiger partial charge < -0.3 is 20.1 Å². The number of carboxylic acids is 1. The molecular weight excluding hydrogens is 236 g/mol. The van der Waals surface area contributed by atoms with E-state index in [1.165, 1.54) is 0 Å². The third kappa shape index (κ3) is 2.70. The average Bonchev–Trinajstić information content (AvgIpc) is 3.06. The lowest BCUT2D eigenvalue weighted by Gasteiger charge is -2.14. The van der Waals surface area contributed by atoms with E-state index in [1.807, 2.05) is 10.8 Å². The molecule has 6 nitrogen and oxygen atoms in total. The van der Waals surface area contributed by atoms with Crippen molar-refractivity contribution >= 4 is 11.9 Å². The molecule has 1 fully saturated rings. The number of carboxylic acid groups (broad SMARTS) is 1. The van der Waals surface area contributed by atoms with Gasteiger partial charge in [-0.25, -0.2) is 4.79 Å². The zero-order chi connectivity index (χ0) is 13.1. The molecule has 0 bridgehead atoms. The maximum Gasteiger partial charge on any atom is 0.326 e. The molecule has 1 aromatic heterocycles. The maximum absolute atomic E-state index is 12.0. The molecular formula is C12H16N2O4. The van der Waals surface area contributed by atoms with E-state index in [0.29, 0.717) is 11.7 Å². The molecule has 3 N–H and O–H groups in total. The van der Waals surface area contributed by atoms with Crippen LogP contribution in [0.5, 0.6) is 0 Å². The number of aromatic nitrogens is 1. The molecule has 0 saturated heterocycles. The molecule has 2 rings (SSSR count). The van der Waals surface area contributed by atoms with E-state index < -0.39 is 17.9 Å². The first-order valence-electron chi connectivity index (χ1n) is 5.95. The van der Waals surface area contributed by atoms with Crippen molar-refractivity contribution in [3.05, 3.63) is 24.0 Å². The Morgan fingerprint density at radius 3 is 2.78 bits per heavy atom. The quantitative estimate of drug-likeness (QED) is 0.683. The second kappa shape index (κ2) is 5.22. The molecule has 0 radical (unpaired) electrons. The molecule has 1 aromatic rings. The van der Waals surface area contributed by atoms with Crippen LogP contribution < -0.4 is 5.32 Å². The van der Waals surface area contributed by atoms with Crippen molar-refractivity contribution in [1.29, 1.82) is 0 Å². The number of rotatable bonds is 6. The predicted octanol–water partition coefficient (Wildman–Crippen LogP) is 0.388. The number of aliphatic hydroxyl groups is 1. The van der Waals surface area contributed by atoms with Crippen LogP contribution >= 0.6 is 0 Å². The fraction of sp³-hybridized carbons (Fsp3) is 0.500. The number of carbonyl (C=O) groups is 2. The lowest BCUT2D eigenvalue weighted by Crippen LogP contribution is -2.42. The Labute approximate surface area is 104 Å². The number of aliphatic hydroxyl groups excluding tert-OH is 1. The summed E-state index contributed by atoms with van der Waals surface area (Å²) >= 11 is 0. The Morgan fingerprint density at radius 1 is 1.50 bits per heavy atom. The molecule has 1 amide bonds. The number of aliphatic carboxylic acids is 1. The molecule has 0 aromatic carbocycles. The summed E-state index contributed by atoms with van der Waals surface area (Å²) in [5, 5.41) is 20.1. The zero-order valence-electron chi connectivity index (χ0n) is 9.87. The molecule has 1 saturated carbocycles. The zero-order valence-corrected chi connectivity index (χ0v) is 9.87. The van der Waals surface area contributed by atoms with Crippen molar-refractivity contribution in [2.75, 3.05) is 6.61 Å². The van der Waals surface area contributed by atoms with Gasteiger partial charge >= 0.3 is 5.97 Å². The molecule has 1 aliphatic rings. The highest BCUT2D eigenvalue weighted by atomic mass is 16.4. The summed E-state index contributed by atoms with van der Waals surface area (Å²) in [4.78, 5) is 22.9. The first-order valence-corrected chi connectivity index (χ1v) is 5.95. The van der Waals surface area contributed by atoms with Gasteiger partial charge in [-0.3, -0.25) is 4.79 Å². The molecule has 0 spiro atoms. The van der Waals surface area contributed by atoms with Crippen LogP contribution in [-0.4, -0.2) is 39.3 Å². The standard InChI is InChI=1S/C12H16N2O4/c15-7-5-9(12(17)18)13-11(16)10-2-1-6-14(10)8-3-4-8/h1-2,6,8-9,15H,3-5,7H2,(H,13,16)(H,17,18)/t9-/m1/s1. The van der Waals surface area contributed by atoms with Crippen molar-refractivity contribution < 1.29 is 19.8 Å². The second-order valence-electron chi connectivity index (χ2n) is 4.41. The minimum Gasteiger partial charge on any atom is -0.480 e. The van der Waals surface area contributed by atoms with Crippen molar-refractivity contribution in [3.63, 3.8) is 0 Å². The van der Waals surface area contributed by atoms with E-state index in [4.69, 9.17) is 10.2 Å². The van der Waals surface area contributed by atoms with Gasteiger partial charge in [-0.05, 0) is 25.0 Å². The van der Waals surface area contributed by atoms with Crippen LogP contribution in [0.25, 0.3) is 0 Å². The van der Waals surface area contributed by atoms with Crippen molar-refractivity contribution in [1.82, 2.24) is 9.88 Å². The molecule has 1 heterocycles. The van der Waals surface area contributed by atoms with Crippen molar-refractivity contribution in [3.8, 4) is 0 Å². The number of nitrogens with zero attached hydrogens (tertiary/aromatic N) is 1. The van der Waals surface area contributed by atoms with E-state index in [2.05, 4.69) is 5.32 Å². The number of carbonyl (C=O) groups excluding carboxylic acids is 1. The monoisotopic (exact) mass is 252 g/mol. The van der Waals surface area contributed by atoms with Gasteiger partial charge in [-0.2, -0.15) is 0 Å². The minimum atomic E-state index is -1.14. The summed E-state index contributed by atoms with van der Waals surface area (Å²) in [6.07, 6.45) is 3.93. The Morgan fingerprint density at radius 2 is 2.22 bits per heavy atom. The SMILES string of the molecule is O=C(N[C@H](CCO)C(=O)O)c1cccn1C1CC1. The van der Waals surface area contributed by atoms with Gasteiger partial charge in [-0.1, -0.05) is 0 Å². The van der Waals surface area contributed by atoms with E-state index in [-0.39, 0.29) is 13.0 Å². The molecule has 0 unspecified atom stereocenters. The highest BCUT2D eigenvalue weighted by molar-refractivity contribution is 5.95. The van der Waals surface area contributed by atoms with E-state index in [1.54, 1.807) is 12.1 Å². The minimum absolute atomic E-state index is 0.00517. The van der Waals surface area contributed by atoms with Crippen LogP contribution in [-0.2, 0) is 4.79 Å². The van der Waals surface area contributed by atoms with Gasteiger partial charge in [0.15, 0.2) is 0 Å². The number of hydrogen-bond donors (Lipinski definition) is 3. The van der Waals surface area contributed by atoms with Gasteiger partial charge in [0.1, 0.15) is 11.7 Å². The van der Waals surface area contributed by atoms with Crippen LogP contribution in [0, 0.1) is 0 Å². The first kappa shape index (κ1) is 12.6. The molecule has 6 heteroatoms. The molecule has 1 aliphatic carbocycles. The van der Waals surface area contributed by atoms with Gasteiger partial charge in [-0.15, -0.1) is 0 Å². The predicted molar refractivity (Wildman–Crippen MR) is 63.3 cm³/mol. The number of hydrogen-bond acceptors (Lipinski definition) is 3. The highest BCUT2D eigenvalue weighted by Crippen LogP contribution is 2.35. The summed E-state index contributed by atoms with van der Waals surface area (Å²) in [5.41, 5.74) is 0.474. The molecule has 98 valence electrons. The number of amides is 1. The van der Waals surface area contributed by atoms with E-state index in [0.717, 1.165) is 12.8 Å². The Bertz CT molecular complexity index is 451. The van der Waals surface area contributed by atoms with Crippen molar-refractivity contribution in [2.24, 2.45) is 0 Å². The summed E-state index contributed by atoms with van der Waals surface area (Å²) in [5.74, 6) is -1.55. The lowest BCUT2D eigenvalue weighted by atomic mass is 10.2. The summed E-state index contributed by atoms with van der Waals surface area (Å²) in [6, 6.07) is 2.76. The van der Waals surface area contributed by atoms with Gasteiger partial charge in [0.25, 0.3) is 5.91 Å². The highest BCUT2D eigenvalue weighted by Gasteiger charge is 2.28. The largest absolute Gasteiger partial charge is 0.480 e. The third-order valence-electron chi connectivity index (χ3n) is 2.97. The average molecular weight is 252 g/mol. The lowest BCUT2D eigenvalue weighted by molar-refractivity contribution is -0.139. The van der Waals surface area contributed by atoms with Crippen LogP contribution in [0.15, 0.2) is 18.3 Å².